The number of hydrogen-bond donors (Lipinski definition) is 1. The van der Waals surface area contributed by atoms with Gasteiger partial charge in [-0.25, -0.2) is 13.1 Å². The largest absolute Gasteiger partial charge is 0.264 e. The van der Waals surface area contributed by atoms with Crippen molar-refractivity contribution in [1.29, 1.82) is 0 Å². The molecule has 20 heavy (non-hydrogen) atoms. The maximum Gasteiger partial charge on any atom is 0.243 e. The Labute approximate surface area is 127 Å². The summed E-state index contributed by atoms with van der Waals surface area (Å²) in [6, 6.07) is 8.25. The van der Waals surface area contributed by atoms with Crippen molar-refractivity contribution in [2.45, 2.75) is 11.3 Å². The maximum absolute atomic E-state index is 12.2. The fraction of sp³-hybridized carbons (Fsp3) is 0.154. The van der Waals surface area contributed by atoms with E-state index in [0.29, 0.717) is 6.42 Å². The van der Waals surface area contributed by atoms with Gasteiger partial charge in [0.05, 0.1) is 10.0 Å². The average molecular weight is 331 g/mol. The zero-order valence-electron chi connectivity index (χ0n) is 10.4. The van der Waals surface area contributed by atoms with Crippen LogP contribution >= 0.6 is 23.2 Å². The number of sulfonamides is 1. The molecule has 0 aliphatic heterocycles. The Hall–Kier alpha value is -1.14. The average Bonchev–Trinajstić information content (AvgIpc) is 2.39. The number of hydrogen-bond acceptors (Lipinski definition) is 3. The van der Waals surface area contributed by atoms with E-state index in [0.717, 1.165) is 5.56 Å². The highest BCUT2D eigenvalue weighted by atomic mass is 35.5. The number of nitrogens with zero attached hydrogens (tertiary/aromatic N) is 1. The van der Waals surface area contributed by atoms with Crippen LogP contribution in [-0.4, -0.2) is 19.9 Å². The number of benzene rings is 1. The van der Waals surface area contributed by atoms with Crippen LogP contribution in [0.15, 0.2) is 47.6 Å². The lowest BCUT2D eigenvalue weighted by atomic mass is 10.2. The number of nitrogens with one attached hydrogen (secondary N) is 1. The van der Waals surface area contributed by atoms with Gasteiger partial charge in [0.15, 0.2) is 0 Å². The zero-order valence-corrected chi connectivity index (χ0v) is 12.7. The van der Waals surface area contributed by atoms with Crippen molar-refractivity contribution in [3.63, 3.8) is 0 Å². The third kappa shape index (κ3) is 3.70. The van der Waals surface area contributed by atoms with Crippen LogP contribution in [0.25, 0.3) is 0 Å². The second-order valence-electron chi connectivity index (χ2n) is 4.06. The molecule has 0 aliphatic rings. The van der Waals surface area contributed by atoms with Gasteiger partial charge >= 0.3 is 0 Å². The predicted molar refractivity (Wildman–Crippen MR) is 79.6 cm³/mol. The molecule has 0 aliphatic carbocycles. The minimum absolute atomic E-state index is 0.0884. The SMILES string of the molecule is O=S(=O)(NCCc1cccnc1)c1c(Cl)cccc1Cl. The highest BCUT2D eigenvalue weighted by Crippen LogP contribution is 2.28. The van der Waals surface area contributed by atoms with E-state index in [-0.39, 0.29) is 21.5 Å². The Morgan fingerprint density at radius 3 is 2.40 bits per heavy atom. The molecule has 0 saturated carbocycles. The Morgan fingerprint density at radius 1 is 1.10 bits per heavy atom. The van der Waals surface area contributed by atoms with Crippen LogP contribution < -0.4 is 4.72 Å². The second-order valence-corrected chi connectivity index (χ2v) is 6.58. The summed E-state index contributed by atoms with van der Waals surface area (Å²) >= 11 is 11.8. The Morgan fingerprint density at radius 2 is 1.80 bits per heavy atom. The van der Waals surface area contributed by atoms with Crippen LogP contribution in [0.4, 0.5) is 0 Å². The van der Waals surface area contributed by atoms with Gasteiger partial charge in [0, 0.05) is 18.9 Å². The normalized spacial score (nSPS) is 11.5. The second kappa shape index (κ2) is 6.54. The molecule has 4 nitrogen and oxygen atoms in total. The smallest absolute Gasteiger partial charge is 0.243 e. The fourth-order valence-electron chi connectivity index (χ4n) is 1.69. The van der Waals surface area contributed by atoms with Crippen LogP contribution in [0.5, 0.6) is 0 Å². The summed E-state index contributed by atoms with van der Waals surface area (Å²) in [6.07, 6.45) is 3.89. The number of pyridine rings is 1. The summed E-state index contributed by atoms with van der Waals surface area (Å²) in [5.41, 5.74) is 0.945. The molecule has 0 bridgehead atoms. The Kier molecular flexibility index (Phi) is 4.99. The molecule has 2 aromatic rings. The van der Waals surface area contributed by atoms with Gasteiger partial charge in [0.2, 0.25) is 10.0 Å². The molecule has 0 amide bonds. The molecule has 1 N–H and O–H groups in total. The van der Waals surface area contributed by atoms with Crippen molar-refractivity contribution in [3.05, 3.63) is 58.3 Å². The molecule has 2 rings (SSSR count). The molecule has 0 fully saturated rings. The first kappa shape index (κ1) is 15.3. The van der Waals surface area contributed by atoms with Crippen molar-refractivity contribution in [1.82, 2.24) is 9.71 Å². The van der Waals surface area contributed by atoms with Crippen molar-refractivity contribution in [2.24, 2.45) is 0 Å². The zero-order chi connectivity index (χ0) is 14.6. The third-order valence-electron chi connectivity index (χ3n) is 2.62. The summed E-state index contributed by atoms with van der Waals surface area (Å²) in [4.78, 5) is 3.88. The van der Waals surface area contributed by atoms with Gasteiger partial charge in [-0.2, -0.15) is 0 Å². The molecular weight excluding hydrogens is 319 g/mol. The summed E-state index contributed by atoms with van der Waals surface area (Å²) in [6.45, 7) is 0.246. The summed E-state index contributed by atoms with van der Waals surface area (Å²) in [5, 5.41) is 0.206. The topological polar surface area (TPSA) is 59.1 Å². The van der Waals surface area contributed by atoms with E-state index in [1.54, 1.807) is 24.5 Å². The van der Waals surface area contributed by atoms with Crippen molar-refractivity contribution in [2.75, 3.05) is 6.54 Å². The number of rotatable bonds is 5. The molecular formula is C13H12Cl2N2O2S. The molecule has 106 valence electrons. The van der Waals surface area contributed by atoms with Crippen LogP contribution in [0, 0.1) is 0 Å². The first-order valence-corrected chi connectivity index (χ1v) is 8.07. The first-order chi connectivity index (χ1) is 9.50. The van der Waals surface area contributed by atoms with Crippen molar-refractivity contribution < 1.29 is 8.42 Å². The number of halogens is 2. The van der Waals surface area contributed by atoms with Gasteiger partial charge in [-0.3, -0.25) is 4.98 Å². The van der Waals surface area contributed by atoms with Crippen molar-refractivity contribution in [3.8, 4) is 0 Å². The van der Waals surface area contributed by atoms with Gasteiger partial charge in [0.25, 0.3) is 0 Å². The van der Waals surface area contributed by atoms with Crippen LogP contribution in [-0.2, 0) is 16.4 Å². The first-order valence-electron chi connectivity index (χ1n) is 5.83. The van der Waals surface area contributed by atoms with E-state index in [1.165, 1.54) is 12.1 Å². The molecule has 0 saturated heterocycles. The van der Waals surface area contributed by atoms with E-state index >= 15 is 0 Å². The molecule has 7 heteroatoms. The van der Waals surface area contributed by atoms with Crippen LogP contribution in [0.3, 0.4) is 0 Å². The highest BCUT2D eigenvalue weighted by Gasteiger charge is 2.20. The lowest BCUT2D eigenvalue weighted by Crippen LogP contribution is -2.26. The lowest BCUT2D eigenvalue weighted by Gasteiger charge is -2.09. The maximum atomic E-state index is 12.2. The van der Waals surface area contributed by atoms with Gasteiger partial charge in [-0.05, 0) is 30.2 Å². The monoisotopic (exact) mass is 330 g/mol. The predicted octanol–water partition coefficient (Wildman–Crippen LogP) is 2.91. The highest BCUT2D eigenvalue weighted by molar-refractivity contribution is 7.89. The minimum atomic E-state index is -3.73. The van der Waals surface area contributed by atoms with Gasteiger partial charge in [-0.1, -0.05) is 35.3 Å². The molecule has 0 spiro atoms. The molecule has 1 heterocycles. The third-order valence-corrected chi connectivity index (χ3v) is 5.03. The lowest BCUT2D eigenvalue weighted by molar-refractivity contribution is 0.581. The van der Waals surface area contributed by atoms with E-state index in [9.17, 15) is 8.42 Å². The molecule has 0 atom stereocenters. The summed E-state index contributed by atoms with van der Waals surface area (Å²) < 4.78 is 26.8. The van der Waals surface area contributed by atoms with E-state index in [2.05, 4.69) is 9.71 Å². The Bertz CT molecular complexity index is 671. The van der Waals surface area contributed by atoms with Crippen LogP contribution in [0.2, 0.25) is 10.0 Å². The molecule has 0 radical (unpaired) electrons. The van der Waals surface area contributed by atoms with Crippen molar-refractivity contribution >= 4 is 33.2 Å². The quantitative estimate of drug-likeness (QED) is 0.916. The molecule has 1 aromatic heterocycles. The standard InChI is InChI=1S/C13H12Cl2N2O2S/c14-11-4-1-5-12(15)13(11)20(18,19)17-8-6-10-3-2-7-16-9-10/h1-5,7,9,17H,6,8H2. The summed E-state index contributed by atoms with van der Waals surface area (Å²) in [7, 11) is -3.73. The molecule has 0 unspecified atom stereocenters. The van der Waals surface area contributed by atoms with Gasteiger partial charge in [0.1, 0.15) is 4.90 Å². The van der Waals surface area contributed by atoms with E-state index < -0.39 is 10.0 Å². The van der Waals surface area contributed by atoms with E-state index in [4.69, 9.17) is 23.2 Å². The number of aromatic nitrogens is 1. The van der Waals surface area contributed by atoms with Gasteiger partial charge in [-0.15, -0.1) is 0 Å². The van der Waals surface area contributed by atoms with E-state index in [1.807, 2.05) is 6.07 Å². The Balaban J connectivity index is 2.09. The van der Waals surface area contributed by atoms with Gasteiger partial charge < -0.3 is 0 Å². The fourth-order valence-corrected chi connectivity index (χ4v) is 3.86. The summed E-state index contributed by atoms with van der Waals surface area (Å²) in [5.74, 6) is 0. The molecule has 1 aromatic carbocycles. The minimum Gasteiger partial charge on any atom is -0.264 e. The van der Waals surface area contributed by atoms with Crippen LogP contribution in [0.1, 0.15) is 5.56 Å².